The van der Waals surface area contributed by atoms with Crippen molar-refractivity contribution in [1.29, 1.82) is 0 Å². The molecule has 0 radical (unpaired) electrons. The predicted octanol–water partition coefficient (Wildman–Crippen LogP) is 2.08. The van der Waals surface area contributed by atoms with E-state index in [1.165, 1.54) is 24.3 Å². The number of hydrogen-bond donors (Lipinski definition) is 1. The average Bonchev–Trinajstić information content (AvgIpc) is 2.98. The van der Waals surface area contributed by atoms with Crippen LogP contribution >= 0.6 is 11.8 Å². The van der Waals surface area contributed by atoms with Crippen LogP contribution in [0.25, 0.3) is 5.69 Å². The number of aromatic nitrogens is 4. The quantitative estimate of drug-likeness (QED) is 0.642. The van der Waals surface area contributed by atoms with E-state index in [1.54, 1.807) is 0 Å². The van der Waals surface area contributed by atoms with Gasteiger partial charge in [-0.3, -0.25) is 4.79 Å². The zero-order valence-electron chi connectivity index (χ0n) is 11.7. The minimum Gasteiger partial charge on any atom is -0.352 e. The number of halogens is 3. The molecule has 0 atom stereocenters. The largest absolute Gasteiger partial charge is 0.418 e. The Labute approximate surface area is 133 Å². The summed E-state index contributed by atoms with van der Waals surface area (Å²) in [7, 11) is 0. The zero-order chi connectivity index (χ0) is 16.9. The molecular weight excluding hydrogens is 331 g/mol. The van der Waals surface area contributed by atoms with Crippen LogP contribution in [0.3, 0.4) is 0 Å². The SMILES string of the molecule is C=CCNC(=O)CSc1nnnn1-c1ccccc1C(F)(F)F. The molecule has 1 amide bonds. The van der Waals surface area contributed by atoms with Crippen molar-refractivity contribution in [2.24, 2.45) is 0 Å². The number of hydrogen-bond acceptors (Lipinski definition) is 5. The Morgan fingerprint density at radius 2 is 2.13 bits per heavy atom. The van der Waals surface area contributed by atoms with Crippen molar-refractivity contribution in [1.82, 2.24) is 25.5 Å². The molecule has 0 aliphatic heterocycles. The fourth-order valence-electron chi connectivity index (χ4n) is 1.69. The lowest BCUT2D eigenvalue weighted by atomic mass is 10.2. The number of para-hydroxylation sites is 1. The van der Waals surface area contributed by atoms with Crippen molar-refractivity contribution in [3.63, 3.8) is 0 Å². The molecule has 2 rings (SSSR count). The second kappa shape index (κ2) is 7.27. The lowest BCUT2D eigenvalue weighted by molar-refractivity contribution is -0.137. The molecule has 0 aliphatic rings. The van der Waals surface area contributed by atoms with Crippen molar-refractivity contribution in [3.8, 4) is 5.69 Å². The molecule has 1 aromatic carbocycles. The number of tetrazole rings is 1. The normalized spacial score (nSPS) is 11.3. The highest BCUT2D eigenvalue weighted by Crippen LogP contribution is 2.34. The Kier molecular flexibility index (Phi) is 5.37. The Hall–Kier alpha value is -2.36. The summed E-state index contributed by atoms with van der Waals surface area (Å²) < 4.78 is 40.2. The van der Waals surface area contributed by atoms with E-state index in [1.807, 2.05) is 0 Å². The Bertz CT molecular complexity index is 701. The predicted molar refractivity (Wildman–Crippen MR) is 78.1 cm³/mol. The number of nitrogens with one attached hydrogen (secondary N) is 1. The number of amides is 1. The van der Waals surface area contributed by atoms with Gasteiger partial charge in [0, 0.05) is 6.54 Å². The molecule has 0 bridgehead atoms. The van der Waals surface area contributed by atoms with Gasteiger partial charge in [0.15, 0.2) is 0 Å². The lowest BCUT2D eigenvalue weighted by Crippen LogP contribution is -2.25. The van der Waals surface area contributed by atoms with E-state index in [0.717, 1.165) is 22.5 Å². The first-order valence-corrected chi connectivity index (χ1v) is 7.37. The molecule has 122 valence electrons. The maximum Gasteiger partial charge on any atom is 0.418 e. The molecule has 1 aromatic heterocycles. The Morgan fingerprint density at radius 1 is 1.39 bits per heavy atom. The molecule has 0 unspecified atom stereocenters. The summed E-state index contributed by atoms with van der Waals surface area (Å²) in [6.07, 6.45) is -3.02. The van der Waals surface area contributed by atoms with E-state index < -0.39 is 11.7 Å². The van der Waals surface area contributed by atoms with E-state index in [2.05, 4.69) is 27.4 Å². The standard InChI is InChI=1S/C13H12F3N5OS/c1-2-7-17-11(22)8-23-12-18-19-20-21(12)10-6-4-3-5-9(10)13(14,15)16/h2-6H,1,7-8H2,(H,17,22). The molecule has 6 nitrogen and oxygen atoms in total. The number of alkyl halides is 3. The number of rotatable bonds is 6. The van der Waals surface area contributed by atoms with Crippen molar-refractivity contribution in [3.05, 3.63) is 42.5 Å². The second-order valence-corrected chi connectivity index (χ2v) is 5.21. The molecule has 0 saturated carbocycles. The van der Waals surface area contributed by atoms with Gasteiger partial charge in [0.05, 0.1) is 17.0 Å². The molecule has 1 N–H and O–H groups in total. The summed E-state index contributed by atoms with van der Waals surface area (Å²) in [6, 6.07) is 4.95. The molecule has 0 fully saturated rings. The van der Waals surface area contributed by atoms with Crippen LogP contribution in [0, 0.1) is 0 Å². The van der Waals surface area contributed by atoms with Crippen molar-refractivity contribution in [2.75, 3.05) is 12.3 Å². The van der Waals surface area contributed by atoms with Crippen LogP contribution < -0.4 is 5.32 Å². The smallest absolute Gasteiger partial charge is 0.352 e. The number of nitrogens with zero attached hydrogens (tertiary/aromatic N) is 4. The summed E-state index contributed by atoms with van der Waals surface area (Å²) in [6.45, 7) is 3.77. The molecule has 1 heterocycles. The summed E-state index contributed by atoms with van der Waals surface area (Å²) in [5.41, 5.74) is -1.05. The van der Waals surface area contributed by atoms with Crippen LogP contribution in [-0.2, 0) is 11.0 Å². The first-order chi connectivity index (χ1) is 10.9. The molecule has 23 heavy (non-hydrogen) atoms. The minimum atomic E-state index is -4.54. The molecular formula is C13H12F3N5OS. The van der Waals surface area contributed by atoms with Crippen LogP contribution in [-0.4, -0.2) is 38.4 Å². The fourth-order valence-corrected chi connectivity index (χ4v) is 2.40. The van der Waals surface area contributed by atoms with Crippen LogP contribution in [0.15, 0.2) is 42.1 Å². The average molecular weight is 343 g/mol. The third-order valence-corrected chi connectivity index (χ3v) is 3.57. The molecule has 2 aromatic rings. The van der Waals surface area contributed by atoms with Gasteiger partial charge < -0.3 is 5.32 Å². The van der Waals surface area contributed by atoms with Gasteiger partial charge in [-0.1, -0.05) is 30.0 Å². The van der Waals surface area contributed by atoms with Gasteiger partial charge in [0.2, 0.25) is 11.1 Å². The molecule has 10 heteroatoms. The van der Waals surface area contributed by atoms with Crippen LogP contribution in [0.2, 0.25) is 0 Å². The van der Waals surface area contributed by atoms with Crippen molar-refractivity contribution < 1.29 is 18.0 Å². The fraction of sp³-hybridized carbons (Fsp3) is 0.231. The summed E-state index contributed by atoms with van der Waals surface area (Å²) in [4.78, 5) is 11.5. The Balaban J connectivity index is 2.22. The summed E-state index contributed by atoms with van der Waals surface area (Å²) in [5, 5.41) is 13.3. The van der Waals surface area contributed by atoms with Gasteiger partial charge in [-0.15, -0.1) is 11.7 Å². The van der Waals surface area contributed by atoms with E-state index in [9.17, 15) is 18.0 Å². The van der Waals surface area contributed by atoms with E-state index >= 15 is 0 Å². The van der Waals surface area contributed by atoms with Gasteiger partial charge in [0.25, 0.3) is 0 Å². The third-order valence-electron chi connectivity index (χ3n) is 2.65. The highest BCUT2D eigenvalue weighted by atomic mass is 32.2. The molecule has 0 saturated heterocycles. The lowest BCUT2D eigenvalue weighted by Gasteiger charge is -2.12. The van der Waals surface area contributed by atoms with E-state index in [-0.39, 0.29) is 22.5 Å². The van der Waals surface area contributed by atoms with Crippen molar-refractivity contribution >= 4 is 17.7 Å². The third kappa shape index (κ3) is 4.31. The topological polar surface area (TPSA) is 72.7 Å². The Morgan fingerprint density at radius 3 is 2.83 bits per heavy atom. The number of benzene rings is 1. The van der Waals surface area contributed by atoms with Crippen LogP contribution in [0.5, 0.6) is 0 Å². The maximum absolute atomic E-state index is 13.1. The first kappa shape index (κ1) is 17.0. The monoisotopic (exact) mass is 343 g/mol. The van der Waals surface area contributed by atoms with Gasteiger partial charge >= 0.3 is 6.18 Å². The van der Waals surface area contributed by atoms with Gasteiger partial charge in [-0.2, -0.15) is 17.9 Å². The van der Waals surface area contributed by atoms with Gasteiger partial charge in [-0.25, -0.2) is 0 Å². The summed E-state index contributed by atoms with van der Waals surface area (Å²) in [5.74, 6) is -0.323. The van der Waals surface area contributed by atoms with Crippen LogP contribution in [0.1, 0.15) is 5.56 Å². The van der Waals surface area contributed by atoms with Gasteiger partial charge in [0.1, 0.15) is 0 Å². The van der Waals surface area contributed by atoms with Crippen molar-refractivity contribution in [2.45, 2.75) is 11.3 Å². The highest BCUT2D eigenvalue weighted by Gasteiger charge is 2.34. The minimum absolute atomic E-state index is 0.0254. The van der Waals surface area contributed by atoms with Crippen LogP contribution in [0.4, 0.5) is 13.2 Å². The number of carbonyl (C=O) groups is 1. The van der Waals surface area contributed by atoms with Gasteiger partial charge in [-0.05, 0) is 22.6 Å². The summed E-state index contributed by atoms with van der Waals surface area (Å²) >= 11 is 0.940. The second-order valence-electron chi connectivity index (χ2n) is 4.27. The first-order valence-electron chi connectivity index (χ1n) is 6.39. The molecule has 0 spiro atoms. The van der Waals surface area contributed by atoms with E-state index in [0.29, 0.717) is 6.54 Å². The number of carbonyl (C=O) groups excluding carboxylic acids is 1. The zero-order valence-corrected chi connectivity index (χ0v) is 12.6. The van der Waals surface area contributed by atoms with E-state index in [4.69, 9.17) is 0 Å². The molecule has 0 aliphatic carbocycles. The maximum atomic E-state index is 13.1. The number of thioether (sulfide) groups is 1. The highest BCUT2D eigenvalue weighted by molar-refractivity contribution is 7.99.